The molecule has 1 saturated heterocycles. The highest BCUT2D eigenvalue weighted by Gasteiger charge is 2.47. The van der Waals surface area contributed by atoms with Gasteiger partial charge in [0.1, 0.15) is 0 Å². The Morgan fingerprint density at radius 2 is 1.65 bits per heavy atom. The summed E-state index contributed by atoms with van der Waals surface area (Å²) in [7, 11) is 0. The van der Waals surface area contributed by atoms with E-state index in [4.69, 9.17) is 4.84 Å². The van der Waals surface area contributed by atoms with E-state index in [0.29, 0.717) is 5.06 Å². The van der Waals surface area contributed by atoms with Crippen molar-refractivity contribution in [3.8, 4) is 0 Å². The van der Waals surface area contributed by atoms with Crippen LogP contribution in [0.3, 0.4) is 0 Å². The Balaban J connectivity index is 2.92. The highest BCUT2D eigenvalue weighted by atomic mass is 16.7. The Morgan fingerprint density at radius 3 is 2.04 bits per heavy atom. The molecule has 1 fully saturated rings. The van der Waals surface area contributed by atoms with Crippen LogP contribution >= 0.6 is 0 Å². The van der Waals surface area contributed by atoms with Crippen molar-refractivity contribution in [2.75, 3.05) is 13.2 Å². The number of carbonyl (C=O) groups is 3. The molecule has 132 valence electrons. The number of hydrogen-bond donors (Lipinski definition) is 2. The van der Waals surface area contributed by atoms with E-state index in [0.717, 1.165) is 0 Å². The summed E-state index contributed by atoms with van der Waals surface area (Å²) in [5.74, 6) is -2.82. The van der Waals surface area contributed by atoms with Gasteiger partial charge in [-0.15, -0.1) is 5.06 Å². The van der Waals surface area contributed by atoms with Crippen molar-refractivity contribution in [1.29, 1.82) is 0 Å². The van der Waals surface area contributed by atoms with Crippen molar-refractivity contribution in [2.24, 2.45) is 22.7 Å². The monoisotopic (exact) mass is 329 g/mol. The second kappa shape index (κ2) is 6.97. The van der Waals surface area contributed by atoms with Gasteiger partial charge in [-0.25, -0.2) is 4.79 Å². The molecular formula is C16H27NO6. The molecule has 0 aromatic rings. The minimum Gasteiger partial charge on any atom is -0.396 e. The van der Waals surface area contributed by atoms with Crippen molar-refractivity contribution in [2.45, 2.75) is 47.5 Å². The van der Waals surface area contributed by atoms with Crippen LogP contribution in [0.4, 0.5) is 0 Å². The van der Waals surface area contributed by atoms with Crippen LogP contribution in [0.5, 0.6) is 0 Å². The van der Waals surface area contributed by atoms with Gasteiger partial charge >= 0.3 is 5.97 Å². The molecule has 0 aliphatic carbocycles. The summed E-state index contributed by atoms with van der Waals surface area (Å²) in [6, 6.07) is 0. The summed E-state index contributed by atoms with van der Waals surface area (Å²) in [5.41, 5.74) is -1.32. The van der Waals surface area contributed by atoms with Crippen molar-refractivity contribution < 1.29 is 29.4 Å². The highest BCUT2D eigenvalue weighted by Crippen LogP contribution is 2.45. The Kier molecular flexibility index (Phi) is 5.93. The first kappa shape index (κ1) is 19.6. The average molecular weight is 329 g/mol. The number of imide groups is 1. The van der Waals surface area contributed by atoms with E-state index in [2.05, 4.69) is 0 Å². The molecule has 1 aliphatic heterocycles. The number of carbonyl (C=O) groups excluding carboxylic acids is 3. The lowest BCUT2D eigenvalue weighted by Crippen LogP contribution is -2.47. The predicted octanol–water partition coefficient (Wildman–Crippen LogP) is 0.883. The molecule has 2 N–H and O–H groups in total. The third kappa shape index (κ3) is 3.90. The molecule has 2 unspecified atom stereocenters. The van der Waals surface area contributed by atoms with Crippen LogP contribution in [0.25, 0.3) is 0 Å². The summed E-state index contributed by atoms with van der Waals surface area (Å²) >= 11 is 0. The minimum absolute atomic E-state index is 0.0424. The zero-order chi connectivity index (χ0) is 18.0. The SMILES string of the molecule is CC(C(=O)ON1C(=O)CCC1=O)C(C)(C)C(CO)C(C)(C)CO. The average Bonchev–Trinajstić information content (AvgIpc) is 2.78. The van der Waals surface area contributed by atoms with E-state index < -0.39 is 34.5 Å². The number of nitrogens with zero attached hydrogens (tertiary/aromatic N) is 1. The second-order valence-electron chi connectivity index (χ2n) is 7.42. The molecule has 0 aromatic heterocycles. The minimum atomic E-state index is -0.718. The summed E-state index contributed by atoms with van der Waals surface area (Å²) in [6.07, 6.45) is 0.0847. The van der Waals surface area contributed by atoms with E-state index in [9.17, 15) is 24.6 Å². The fraction of sp³-hybridized carbons (Fsp3) is 0.812. The third-order valence-electron chi connectivity index (χ3n) is 5.09. The van der Waals surface area contributed by atoms with Gasteiger partial charge in [-0.3, -0.25) is 9.59 Å². The summed E-state index contributed by atoms with van der Waals surface area (Å²) in [6.45, 7) is 8.48. The lowest BCUT2D eigenvalue weighted by atomic mass is 9.60. The molecule has 2 atom stereocenters. The van der Waals surface area contributed by atoms with Gasteiger partial charge in [0.05, 0.1) is 5.92 Å². The first-order valence-electron chi connectivity index (χ1n) is 7.78. The lowest BCUT2D eigenvalue weighted by Gasteiger charge is -2.45. The third-order valence-corrected chi connectivity index (χ3v) is 5.09. The van der Waals surface area contributed by atoms with Gasteiger partial charge in [0.2, 0.25) is 0 Å². The maximum Gasteiger partial charge on any atom is 0.336 e. The topological polar surface area (TPSA) is 104 Å². The highest BCUT2D eigenvalue weighted by molar-refractivity contribution is 6.01. The Bertz CT molecular complexity index is 469. The van der Waals surface area contributed by atoms with Crippen LogP contribution < -0.4 is 0 Å². The van der Waals surface area contributed by atoms with Crippen molar-refractivity contribution in [3.05, 3.63) is 0 Å². The molecule has 2 amide bonds. The predicted molar refractivity (Wildman–Crippen MR) is 81.6 cm³/mol. The molecule has 0 radical (unpaired) electrons. The van der Waals surface area contributed by atoms with Gasteiger partial charge in [0.25, 0.3) is 11.8 Å². The van der Waals surface area contributed by atoms with E-state index in [1.807, 2.05) is 0 Å². The molecule has 0 bridgehead atoms. The Hall–Kier alpha value is -1.47. The fourth-order valence-corrected chi connectivity index (χ4v) is 3.03. The van der Waals surface area contributed by atoms with Crippen LogP contribution in [-0.4, -0.2) is 46.3 Å². The second-order valence-corrected chi connectivity index (χ2v) is 7.42. The van der Waals surface area contributed by atoms with E-state index in [1.54, 1.807) is 34.6 Å². The lowest BCUT2D eigenvalue weighted by molar-refractivity contribution is -0.204. The van der Waals surface area contributed by atoms with Crippen LogP contribution in [0.15, 0.2) is 0 Å². The van der Waals surface area contributed by atoms with Gasteiger partial charge < -0.3 is 15.1 Å². The largest absolute Gasteiger partial charge is 0.396 e. The van der Waals surface area contributed by atoms with Gasteiger partial charge in [0.15, 0.2) is 0 Å². The normalized spacial score (nSPS) is 19.0. The molecule has 7 nitrogen and oxygen atoms in total. The molecule has 0 saturated carbocycles. The molecule has 1 aliphatic rings. The summed E-state index contributed by atoms with van der Waals surface area (Å²) in [4.78, 5) is 40.4. The fourth-order valence-electron chi connectivity index (χ4n) is 3.03. The maximum atomic E-state index is 12.4. The molecule has 7 heteroatoms. The maximum absolute atomic E-state index is 12.4. The zero-order valence-corrected chi connectivity index (χ0v) is 14.5. The smallest absolute Gasteiger partial charge is 0.336 e. The summed E-state index contributed by atoms with van der Waals surface area (Å²) in [5, 5.41) is 19.8. The van der Waals surface area contributed by atoms with E-state index >= 15 is 0 Å². The molecule has 23 heavy (non-hydrogen) atoms. The molecular weight excluding hydrogens is 302 g/mol. The number of amides is 2. The van der Waals surface area contributed by atoms with Crippen LogP contribution in [0, 0.1) is 22.7 Å². The first-order valence-corrected chi connectivity index (χ1v) is 7.78. The van der Waals surface area contributed by atoms with Crippen LogP contribution in [-0.2, 0) is 19.2 Å². The van der Waals surface area contributed by atoms with Crippen molar-refractivity contribution in [3.63, 3.8) is 0 Å². The molecule has 1 rings (SSSR count). The summed E-state index contributed by atoms with van der Waals surface area (Å²) < 4.78 is 0. The Morgan fingerprint density at radius 1 is 1.17 bits per heavy atom. The number of hydrogen-bond acceptors (Lipinski definition) is 6. The number of aliphatic hydroxyl groups is 2. The number of hydroxylamine groups is 2. The number of aliphatic hydroxyl groups excluding tert-OH is 2. The van der Waals surface area contributed by atoms with E-state index in [-0.39, 0.29) is 32.0 Å². The van der Waals surface area contributed by atoms with E-state index in [1.165, 1.54) is 0 Å². The molecule has 0 aromatic carbocycles. The van der Waals surface area contributed by atoms with Gasteiger partial charge in [-0.1, -0.05) is 34.6 Å². The molecule has 0 spiro atoms. The van der Waals surface area contributed by atoms with Gasteiger partial charge in [0, 0.05) is 26.1 Å². The standard InChI is InChI=1S/C16H27NO6/c1-10(14(22)23-17-12(20)6-7-13(17)21)16(4,5)11(8-18)15(2,3)9-19/h10-11,18-19H,6-9H2,1-5H3. The van der Waals surface area contributed by atoms with Crippen molar-refractivity contribution >= 4 is 17.8 Å². The quantitative estimate of drug-likeness (QED) is 0.672. The number of rotatable bonds is 7. The van der Waals surface area contributed by atoms with Crippen LogP contribution in [0.2, 0.25) is 0 Å². The van der Waals surface area contributed by atoms with Gasteiger partial charge in [-0.05, 0) is 16.7 Å². The van der Waals surface area contributed by atoms with Gasteiger partial charge in [-0.2, -0.15) is 0 Å². The Labute approximate surface area is 136 Å². The molecule has 1 heterocycles. The van der Waals surface area contributed by atoms with Crippen LogP contribution in [0.1, 0.15) is 47.5 Å². The first-order chi connectivity index (χ1) is 10.5. The van der Waals surface area contributed by atoms with Crippen molar-refractivity contribution in [1.82, 2.24) is 5.06 Å². The zero-order valence-electron chi connectivity index (χ0n) is 14.5.